The summed E-state index contributed by atoms with van der Waals surface area (Å²) in [6.07, 6.45) is 1.78. The number of anilines is 2. The first kappa shape index (κ1) is 20.5. The molecule has 152 valence electrons. The minimum absolute atomic E-state index is 0.101. The lowest BCUT2D eigenvalue weighted by Gasteiger charge is -2.36. The Morgan fingerprint density at radius 1 is 1.07 bits per heavy atom. The van der Waals surface area contributed by atoms with Crippen molar-refractivity contribution in [2.24, 2.45) is 0 Å². The van der Waals surface area contributed by atoms with Crippen molar-refractivity contribution < 1.29 is 17.2 Å². The molecule has 1 aromatic heterocycles. The third kappa shape index (κ3) is 4.77. The number of nitrogens with zero attached hydrogens (tertiary/aromatic N) is 3. The second kappa shape index (κ2) is 8.83. The molecular weight excluding hydrogens is 386 g/mol. The first-order valence-corrected chi connectivity index (χ1v) is 10.7. The smallest absolute Gasteiger partial charge is 0.341 e. The molecule has 3 rings (SSSR count). The van der Waals surface area contributed by atoms with Gasteiger partial charge in [0.1, 0.15) is 5.82 Å². The van der Waals surface area contributed by atoms with Crippen molar-refractivity contribution in [3.63, 3.8) is 0 Å². The van der Waals surface area contributed by atoms with Gasteiger partial charge in [-0.2, -0.15) is 8.78 Å². The molecule has 2 aromatic rings. The molecule has 1 aromatic carbocycles. The van der Waals surface area contributed by atoms with E-state index < -0.39 is 15.6 Å². The molecule has 0 radical (unpaired) electrons. The van der Waals surface area contributed by atoms with Gasteiger partial charge in [0.05, 0.1) is 10.6 Å². The number of piperazine rings is 1. The van der Waals surface area contributed by atoms with Gasteiger partial charge in [0.25, 0.3) is 0 Å². The van der Waals surface area contributed by atoms with E-state index in [0.29, 0.717) is 6.54 Å². The van der Waals surface area contributed by atoms with Crippen LogP contribution in [0.5, 0.6) is 0 Å². The Balaban J connectivity index is 1.58. The Labute approximate surface area is 164 Å². The van der Waals surface area contributed by atoms with Crippen molar-refractivity contribution in [3.05, 3.63) is 48.7 Å². The predicted octanol–water partition coefficient (Wildman–Crippen LogP) is 2.70. The van der Waals surface area contributed by atoms with E-state index >= 15 is 0 Å². The molecule has 1 N–H and O–H groups in total. The van der Waals surface area contributed by atoms with Crippen molar-refractivity contribution in [2.45, 2.75) is 23.6 Å². The minimum Gasteiger partial charge on any atom is -0.380 e. The number of alkyl halides is 2. The predicted molar refractivity (Wildman–Crippen MR) is 106 cm³/mol. The van der Waals surface area contributed by atoms with Crippen LogP contribution in [0.2, 0.25) is 0 Å². The van der Waals surface area contributed by atoms with Gasteiger partial charge in [0, 0.05) is 45.0 Å². The SMILES string of the molecule is CC(CN1CCN(c2ccccn2)CC1)Nc1ccccc1S(=O)(=O)C(F)F. The number of aromatic nitrogens is 1. The summed E-state index contributed by atoms with van der Waals surface area (Å²) in [5.41, 5.74) is 0.211. The zero-order valence-electron chi connectivity index (χ0n) is 15.6. The van der Waals surface area contributed by atoms with E-state index in [4.69, 9.17) is 0 Å². The Morgan fingerprint density at radius 2 is 1.75 bits per heavy atom. The highest BCUT2D eigenvalue weighted by Gasteiger charge is 2.29. The van der Waals surface area contributed by atoms with Gasteiger partial charge >= 0.3 is 5.76 Å². The first-order chi connectivity index (χ1) is 13.4. The van der Waals surface area contributed by atoms with Gasteiger partial charge in [-0.05, 0) is 31.2 Å². The molecule has 0 spiro atoms. The molecule has 6 nitrogen and oxygen atoms in total. The fourth-order valence-electron chi connectivity index (χ4n) is 3.33. The average Bonchev–Trinajstić information content (AvgIpc) is 2.69. The average molecular weight is 410 g/mol. The standard InChI is InChI=1S/C19H24F2N4O2S/c1-15(23-16-6-2-3-7-17(16)28(26,27)19(20)21)14-24-10-12-25(13-11-24)18-8-4-5-9-22-18/h2-9,15,19,23H,10-14H2,1H3. The van der Waals surface area contributed by atoms with E-state index in [2.05, 4.69) is 20.1 Å². The van der Waals surface area contributed by atoms with E-state index in [-0.39, 0.29) is 16.6 Å². The van der Waals surface area contributed by atoms with Gasteiger partial charge in [-0.1, -0.05) is 18.2 Å². The lowest BCUT2D eigenvalue weighted by Crippen LogP contribution is -2.49. The van der Waals surface area contributed by atoms with Crippen LogP contribution >= 0.6 is 0 Å². The summed E-state index contributed by atoms with van der Waals surface area (Å²) in [6.45, 7) is 5.98. The molecule has 9 heteroatoms. The van der Waals surface area contributed by atoms with Gasteiger partial charge < -0.3 is 10.2 Å². The second-order valence-electron chi connectivity index (χ2n) is 6.82. The summed E-state index contributed by atoms with van der Waals surface area (Å²) in [5, 5.41) is 3.08. The number of hydrogen-bond acceptors (Lipinski definition) is 6. The van der Waals surface area contributed by atoms with E-state index in [0.717, 1.165) is 32.0 Å². The first-order valence-electron chi connectivity index (χ1n) is 9.14. The number of sulfone groups is 1. The van der Waals surface area contributed by atoms with Crippen molar-refractivity contribution in [3.8, 4) is 0 Å². The third-order valence-electron chi connectivity index (χ3n) is 4.71. The van der Waals surface area contributed by atoms with Gasteiger partial charge in [-0.3, -0.25) is 4.90 Å². The number of hydrogen-bond donors (Lipinski definition) is 1. The maximum atomic E-state index is 12.9. The van der Waals surface area contributed by atoms with Crippen LogP contribution in [0.15, 0.2) is 53.6 Å². The summed E-state index contributed by atoms with van der Waals surface area (Å²) in [5.74, 6) is -2.48. The molecule has 1 atom stereocenters. The Bertz CT molecular complexity index is 873. The molecule has 0 aliphatic carbocycles. The largest absolute Gasteiger partial charge is 0.380 e. The van der Waals surface area contributed by atoms with Crippen LogP contribution in [-0.2, 0) is 9.84 Å². The van der Waals surface area contributed by atoms with Crippen LogP contribution < -0.4 is 10.2 Å². The number of pyridine rings is 1. The van der Waals surface area contributed by atoms with Crippen molar-refractivity contribution >= 4 is 21.3 Å². The fraction of sp³-hybridized carbons (Fsp3) is 0.421. The zero-order chi connectivity index (χ0) is 20.1. The highest BCUT2D eigenvalue weighted by atomic mass is 32.2. The summed E-state index contributed by atoms with van der Waals surface area (Å²) in [4.78, 5) is 8.49. The quantitative estimate of drug-likeness (QED) is 0.757. The van der Waals surface area contributed by atoms with Crippen molar-refractivity contribution in [1.29, 1.82) is 0 Å². The number of benzene rings is 1. The summed E-state index contributed by atoms with van der Waals surface area (Å²) in [7, 11) is -4.65. The van der Waals surface area contributed by atoms with Gasteiger partial charge in [-0.15, -0.1) is 0 Å². The van der Waals surface area contributed by atoms with Crippen LogP contribution in [0.1, 0.15) is 6.92 Å². The topological polar surface area (TPSA) is 65.5 Å². The molecular formula is C19H24F2N4O2S. The number of para-hydroxylation sites is 1. The fourth-order valence-corrected chi connectivity index (χ4v) is 4.22. The zero-order valence-corrected chi connectivity index (χ0v) is 16.4. The highest BCUT2D eigenvalue weighted by molar-refractivity contribution is 7.91. The van der Waals surface area contributed by atoms with Gasteiger partial charge in [-0.25, -0.2) is 13.4 Å². The van der Waals surface area contributed by atoms with Crippen LogP contribution in [0.3, 0.4) is 0 Å². The van der Waals surface area contributed by atoms with E-state index in [1.54, 1.807) is 12.3 Å². The molecule has 1 unspecified atom stereocenters. The molecule has 1 fully saturated rings. The normalized spacial score (nSPS) is 16.9. The summed E-state index contributed by atoms with van der Waals surface area (Å²) < 4.78 is 49.6. The van der Waals surface area contributed by atoms with Crippen molar-refractivity contribution in [2.75, 3.05) is 42.9 Å². The van der Waals surface area contributed by atoms with Crippen LogP contribution in [0.25, 0.3) is 0 Å². The van der Waals surface area contributed by atoms with E-state index in [1.165, 1.54) is 18.2 Å². The monoisotopic (exact) mass is 410 g/mol. The van der Waals surface area contributed by atoms with E-state index in [1.807, 2.05) is 25.1 Å². The number of rotatable bonds is 7. The molecule has 1 aliphatic heterocycles. The molecule has 1 saturated heterocycles. The van der Waals surface area contributed by atoms with E-state index in [9.17, 15) is 17.2 Å². The Kier molecular flexibility index (Phi) is 6.46. The van der Waals surface area contributed by atoms with Crippen LogP contribution in [0.4, 0.5) is 20.3 Å². The minimum atomic E-state index is -4.65. The lowest BCUT2D eigenvalue weighted by molar-refractivity contribution is 0.234. The summed E-state index contributed by atoms with van der Waals surface area (Å²) in [6, 6.07) is 11.5. The number of nitrogens with one attached hydrogen (secondary N) is 1. The molecule has 0 bridgehead atoms. The maximum Gasteiger partial charge on any atom is 0.341 e. The number of halogens is 2. The third-order valence-corrected chi connectivity index (χ3v) is 6.15. The van der Waals surface area contributed by atoms with Gasteiger partial charge in [0.2, 0.25) is 9.84 Å². The molecule has 0 saturated carbocycles. The Morgan fingerprint density at radius 3 is 2.39 bits per heavy atom. The Hall–Kier alpha value is -2.26. The van der Waals surface area contributed by atoms with Crippen LogP contribution in [-0.4, -0.2) is 62.8 Å². The highest BCUT2D eigenvalue weighted by Crippen LogP contribution is 2.26. The molecule has 28 heavy (non-hydrogen) atoms. The summed E-state index contributed by atoms with van der Waals surface area (Å²) >= 11 is 0. The van der Waals surface area contributed by atoms with Gasteiger partial charge in [0.15, 0.2) is 0 Å². The maximum absolute atomic E-state index is 12.9. The van der Waals surface area contributed by atoms with Crippen LogP contribution in [0, 0.1) is 0 Å². The molecule has 2 heterocycles. The van der Waals surface area contributed by atoms with Crippen molar-refractivity contribution in [1.82, 2.24) is 9.88 Å². The second-order valence-corrected chi connectivity index (χ2v) is 8.71. The molecule has 0 amide bonds. The molecule has 1 aliphatic rings. The lowest BCUT2D eigenvalue weighted by atomic mass is 10.2.